The number of hydrogen-bond acceptors (Lipinski definition) is 8. The van der Waals surface area contributed by atoms with Crippen LogP contribution >= 0.6 is 0 Å². The Bertz CT molecular complexity index is 1500. The fourth-order valence-corrected chi connectivity index (χ4v) is 4.48. The van der Waals surface area contributed by atoms with E-state index in [1.807, 2.05) is 33.8 Å². The summed E-state index contributed by atoms with van der Waals surface area (Å²) in [5.74, 6) is 3.16. The number of hydrogen-bond donors (Lipinski definition) is 1. The second-order valence-electron chi connectivity index (χ2n) is 8.39. The van der Waals surface area contributed by atoms with Crippen molar-refractivity contribution in [3.63, 3.8) is 0 Å². The van der Waals surface area contributed by atoms with Crippen molar-refractivity contribution in [2.45, 2.75) is 46.5 Å². The van der Waals surface area contributed by atoms with E-state index in [-0.39, 0.29) is 0 Å². The summed E-state index contributed by atoms with van der Waals surface area (Å²) in [5, 5.41) is 9.17. The summed E-state index contributed by atoms with van der Waals surface area (Å²) in [6.45, 7) is 7.62. The van der Waals surface area contributed by atoms with Gasteiger partial charge in [-0.2, -0.15) is 0 Å². The molecule has 9 nitrogen and oxygen atoms in total. The monoisotopic (exact) mass is 430 g/mol. The highest BCUT2D eigenvalue weighted by Gasteiger charge is 2.34. The molecule has 1 N–H and O–H groups in total. The van der Waals surface area contributed by atoms with Gasteiger partial charge in [0.25, 0.3) is 0 Å². The molecule has 5 aromatic heterocycles. The zero-order valence-electron chi connectivity index (χ0n) is 18.5. The van der Waals surface area contributed by atoms with Gasteiger partial charge in [-0.05, 0) is 46.6 Å². The Hall–Kier alpha value is -3.75. The Kier molecular flexibility index (Phi) is 3.93. The van der Waals surface area contributed by atoms with E-state index in [9.17, 15) is 0 Å². The van der Waals surface area contributed by atoms with Crippen LogP contribution in [0.1, 0.15) is 47.5 Å². The van der Waals surface area contributed by atoms with Gasteiger partial charge in [0.2, 0.25) is 5.88 Å². The molecule has 5 heterocycles. The Balaban J connectivity index is 1.69. The molecule has 0 atom stereocenters. The minimum absolute atomic E-state index is 0.398. The van der Waals surface area contributed by atoms with E-state index in [2.05, 4.69) is 20.3 Å². The van der Waals surface area contributed by atoms with Gasteiger partial charge in [0.15, 0.2) is 0 Å². The van der Waals surface area contributed by atoms with Gasteiger partial charge in [0.1, 0.15) is 28.5 Å². The van der Waals surface area contributed by atoms with E-state index in [1.165, 1.54) is 0 Å². The molecule has 0 aliphatic heterocycles. The van der Waals surface area contributed by atoms with Gasteiger partial charge in [0, 0.05) is 5.92 Å². The maximum Gasteiger partial charge on any atom is 0.221 e. The number of rotatable bonds is 4. The Morgan fingerprint density at radius 3 is 2.41 bits per heavy atom. The maximum absolute atomic E-state index is 5.71. The van der Waals surface area contributed by atoms with Gasteiger partial charge in [-0.3, -0.25) is 0 Å². The van der Waals surface area contributed by atoms with Crippen LogP contribution in [-0.2, 0) is 0 Å². The van der Waals surface area contributed by atoms with Crippen LogP contribution in [-0.4, -0.2) is 37.4 Å². The third-order valence-corrected chi connectivity index (χ3v) is 6.07. The second-order valence-corrected chi connectivity index (χ2v) is 8.39. The lowest BCUT2D eigenvalue weighted by molar-refractivity contribution is 0.381. The van der Waals surface area contributed by atoms with Crippen molar-refractivity contribution in [3.05, 3.63) is 34.8 Å². The Morgan fingerprint density at radius 2 is 1.72 bits per heavy atom. The summed E-state index contributed by atoms with van der Waals surface area (Å²) < 4.78 is 16.8. The smallest absolute Gasteiger partial charge is 0.221 e. The standard InChI is InChI=1S/C23H22N6O3/c1-9-16(11(3)31-28-9)14-8-15-19(27-23(14)30-5)18-20(24-12(4)25-22(18)26-15)17-10(2)29-32-21(17)13-6-7-13/h8,13H,6-7H2,1-5H3,(H,24,25,26). The van der Waals surface area contributed by atoms with E-state index in [0.717, 1.165) is 74.4 Å². The summed E-state index contributed by atoms with van der Waals surface area (Å²) in [6, 6.07) is 2.01. The lowest BCUT2D eigenvalue weighted by atomic mass is 10.0. The zero-order chi connectivity index (χ0) is 22.1. The number of H-pyrrole nitrogens is 1. The molecule has 1 saturated carbocycles. The summed E-state index contributed by atoms with van der Waals surface area (Å²) in [5.41, 5.74) is 7.32. The molecule has 162 valence electrons. The first kappa shape index (κ1) is 19.0. The molecule has 0 saturated heterocycles. The molecule has 5 aromatic rings. The average Bonchev–Trinajstić information content (AvgIpc) is 3.33. The number of methoxy groups -OCH3 is 1. The van der Waals surface area contributed by atoms with Crippen molar-refractivity contribution in [3.8, 4) is 28.3 Å². The zero-order valence-corrected chi connectivity index (χ0v) is 18.5. The van der Waals surface area contributed by atoms with Crippen LogP contribution in [0.15, 0.2) is 15.1 Å². The van der Waals surface area contributed by atoms with Crippen LogP contribution in [0.25, 0.3) is 44.5 Å². The van der Waals surface area contributed by atoms with Crippen LogP contribution in [0, 0.1) is 27.7 Å². The van der Waals surface area contributed by atoms with Crippen LogP contribution in [0.3, 0.4) is 0 Å². The number of aromatic amines is 1. The van der Waals surface area contributed by atoms with Crippen molar-refractivity contribution >= 4 is 22.1 Å². The molecule has 0 amide bonds. The van der Waals surface area contributed by atoms with E-state index in [0.29, 0.717) is 23.4 Å². The normalized spacial score (nSPS) is 14.0. The first-order chi connectivity index (χ1) is 15.5. The molecular weight excluding hydrogens is 408 g/mol. The first-order valence-electron chi connectivity index (χ1n) is 10.6. The number of nitrogens with one attached hydrogen (secondary N) is 1. The number of fused-ring (bicyclic) bond motifs is 3. The number of nitrogens with zero attached hydrogens (tertiary/aromatic N) is 5. The summed E-state index contributed by atoms with van der Waals surface area (Å²) in [4.78, 5) is 17.8. The predicted molar refractivity (Wildman–Crippen MR) is 118 cm³/mol. The molecular formula is C23H22N6O3. The van der Waals surface area contributed by atoms with Crippen LogP contribution in [0.4, 0.5) is 0 Å². The molecule has 32 heavy (non-hydrogen) atoms. The largest absolute Gasteiger partial charge is 0.481 e. The quantitative estimate of drug-likeness (QED) is 0.426. The molecule has 0 aromatic carbocycles. The van der Waals surface area contributed by atoms with Gasteiger partial charge < -0.3 is 18.8 Å². The fraction of sp³-hybridized carbons (Fsp3) is 0.348. The first-order valence-corrected chi connectivity index (χ1v) is 10.6. The summed E-state index contributed by atoms with van der Waals surface area (Å²) in [6.07, 6.45) is 2.21. The number of pyridine rings is 1. The van der Waals surface area contributed by atoms with Gasteiger partial charge in [0.05, 0.1) is 51.8 Å². The van der Waals surface area contributed by atoms with Crippen molar-refractivity contribution in [1.82, 2.24) is 30.2 Å². The van der Waals surface area contributed by atoms with Crippen LogP contribution in [0.2, 0.25) is 0 Å². The number of aromatic nitrogens is 6. The second kappa shape index (κ2) is 6.62. The van der Waals surface area contributed by atoms with Crippen molar-refractivity contribution in [1.29, 1.82) is 0 Å². The molecule has 0 radical (unpaired) electrons. The predicted octanol–water partition coefficient (Wildman–Crippen LogP) is 4.94. The number of ether oxygens (including phenoxy) is 1. The lowest BCUT2D eigenvalue weighted by Gasteiger charge is -2.08. The molecule has 0 bridgehead atoms. The lowest BCUT2D eigenvalue weighted by Crippen LogP contribution is -1.96. The van der Waals surface area contributed by atoms with Gasteiger partial charge in [-0.25, -0.2) is 15.0 Å². The molecule has 1 aliphatic rings. The highest BCUT2D eigenvalue weighted by Crippen LogP contribution is 2.47. The Morgan fingerprint density at radius 1 is 0.969 bits per heavy atom. The fourth-order valence-electron chi connectivity index (χ4n) is 4.48. The Labute approximate surface area is 183 Å². The number of aryl methyl sites for hydroxylation is 4. The third-order valence-electron chi connectivity index (χ3n) is 6.07. The van der Waals surface area contributed by atoms with E-state index in [4.69, 9.17) is 23.8 Å². The summed E-state index contributed by atoms with van der Waals surface area (Å²) >= 11 is 0. The molecule has 1 fully saturated rings. The molecule has 6 rings (SSSR count). The maximum atomic E-state index is 5.71. The van der Waals surface area contributed by atoms with Crippen molar-refractivity contribution in [2.75, 3.05) is 7.11 Å². The molecule has 0 spiro atoms. The highest BCUT2D eigenvalue weighted by molar-refractivity contribution is 6.11. The van der Waals surface area contributed by atoms with Crippen molar-refractivity contribution in [2.24, 2.45) is 0 Å². The van der Waals surface area contributed by atoms with E-state index < -0.39 is 0 Å². The van der Waals surface area contributed by atoms with Crippen molar-refractivity contribution < 1.29 is 13.8 Å². The summed E-state index contributed by atoms with van der Waals surface area (Å²) in [7, 11) is 1.61. The van der Waals surface area contributed by atoms with Crippen LogP contribution in [0.5, 0.6) is 5.88 Å². The minimum atomic E-state index is 0.398. The van der Waals surface area contributed by atoms with Crippen LogP contribution < -0.4 is 4.74 Å². The molecule has 0 unspecified atom stereocenters. The van der Waals surface area contributed by atoms with Gasteiger partial charge >= 0.3 is 0 Å². The highest BCUT2D eigenvalue weighted by atomic mass is 16.5. The van der Waals surface area contributed by atoms with Gasteiger partial charge in [-0.15, -0.1) is 0 Å². The molecule has 9 heteroatoms. The van der Waals surface area contributed by atoms with E-state index in [1.54, 1.807) is 7.11 Å². The SMILES string of the molecule is COc1nc2c(cc1-c1c(C)noc1C)[nH]c1nc(C)nc(-c3c(C)noc3C3CC3)c12. The van der Waals surface area contributed by atoms with Gasteiger partial charge in [-0.1, -0.05) is 10.3 Å². The topological polar surface area (TPSA) is 116 Å². The molecule has 1 aliphatic carbocycles. The minimum Gasteiger partial charge on any atom is -0.481 e. The third kappa shape index (κ3) is 2.66. The average molecular weight is 430 g/mol. The van der Waals surface area contributed by atoms with E-state index >= 15 is 0 Å².